The molecular formula is C42H15BClF20NO2. The number of benzene rings is 6. The summed E-state index contributed by atoms with van der Waals surface area (Å²) in [6.45, 7) is 0.596. The first-order chi connectivity index (χ1) is 31.5. The largest absolute Gasteiger partial charge is 0.441 e. The van der Waals surface area contributed by atoms with Gasteiger partial charge in [-0.3, -0.25) is 0 Å². The third-order valence-electron chi connectivity index (χ3n) is 10.2. The highest BCUT2D eigenvalue weighted by atomic mass is 35.5. The lowest BCUT2D eigenvalue weighted by molar-refractivity contribution is -0.689. The summed E-state index contributed by atoms with van der Waals surface area (Å²) in [7, 11) is 0. The van der Waals surface area contributed by atoms with Crippen LogP contribution in [0.4, 0.5) is 87.8 Å². The molecule has 1 heterocycles. The van der Waals surface area contributed by atoms with Crippen LogP contribution in [0.2, 0.25) is 0 Å². The maximum Gasteiger partial charge on any atom is 0.405 e. The Morgan fingerprint density at radius 2 is 0.716 bits per heavy atom. The van der Waals surface area contributed by atoms with Gasteiger partial charge < -0.3 is 4.74 Å². The maximum absolute atomic E-state index is 15.4. The molecule has 350 valence electrons. The number of alkyl halides is 1. The first kappa shape index (κ1) is 49.6. The fourth-order valence-corrected chi connectivity index (χ4v) is 7.49. The molecule has 0 aliphatic heterocycles. The normalized spacial score (nSPS) is 11.5. The van der Waals surface area contributed by atoms with E-state index in [1.54, 1.807) is 0 Å². The van der Waals surface area contributed by atoms with Gasteiger partial charge in [0.05, 0.1) is 5.39 Å². The Hall–Kier alpha value is -6.85. The molecule has 0 aliphatic rings. The number of fused-ring (bicyclic) bond motifs is 1. The number of carbonyl (C=O) groups excluding carboxylic acids is 1. The Bertz CT molecular complexity index is 2780. The summed E-state index contributed by atoms with van der Waals surface area (Å²) in [5.74, 6) is -71.8. The van der Waals surface area contributed by atoms with E-state index >= 15 is 35.1 Å². The van der Waals surface area contributed by atoms with E-state index in [9.17, 15) is 57.5 Å². The van der Waals surface area contributed by atoms with E-state index in [-0.39, 0.29) is 6.07 Å². The van der Waals surface area contributed by atoms with Gasteiger partial charge in [-0.1, -0.05) is 60.1 Å². The molecule has 0 bridgehead atoms. The van der Waals surface area contributed by atoms with E-state index in [1.165, 1.54) is 0 Å². The van der Waals surface area contributed by atoms with Crippen molar-refractivity contribution in [3.63, 3.8) is 0 Å². The van der Waals surface area contributed by atoms with Crippen molar-refractivity contribution in [2.75, 3.05) is 6.07 Å². The summed E-state index contributed by atoms with van der Waals surface area (Å²) >= 11 is 5.56. The highest BCUT2D eigenvalue weighted by Crippen LogP contribution is 2.31. The standard InChI is InChI=1S/C24BF20.C18H15ClNO2/c26-5-1(6(27)14(35)21(42)13(5)34)25(2-7(28)15(36)22(43)16(37)8(2)29,3-9(30)17(38)23(44)18(39)10(3)31)4-11(32)19(40)24(45)20(41)12(4)33;19-13-22-18(21)17-16-9-5-4-8-15(16)10-11-20(17)12-14-6-2-1-3-7-14/h;1-11H,12-13H2/q-1;+1. The first-order valence-electron chi connectivity index (χ1n) is 17.9. The summed E-state index contributed by atoms with van der Waals surface area (Å²) in [5.41, 5.74) is -12.7. The van der Waals surface area contributed by atoms with Gasteiger partial charge in [-0.2, -0.15) is 4.57 Å². The molecule has 0 aliphatic carbocycles. The number of ether oxygens (including phenoxy) is 1. The monoisotopic (exact) mass is 991 g/mol. The van der Waals surface area contributed by atoms with Gasteiger partial charge in [0.25, 0.3) is 5.69 Å². The van der Waals surface area contributed by atoms with Crippen molar-refractivity contribution in [1.29, 1.82) is 0 Å². The topological polar surface area (TPSA) is 30.2 Å². The maximum atomic E-state index is 15.4. The van der Waals surface area contributed by atoms with E-state index in [1.807, 2.05) is 71.4 Å². The second-order valence-electron chi connectivity index (χ2n) is 13.7. The summed E-state index contributed by atoms with van der Waals surface area (Å²) in [5, 5.41) is 1.85. The molecule has 0 spiro atoms. The molecule has 0 saturated heterocycles. The zero-order valence-electron chi connectivity index (χ0n) is 32.0. The fraction of sp³-hybridized carbons (Fsp3) is 0.0476. The third kappa shape index (κ3) is 7.92. The molecular weight excluding hydrogens is 977 g/mol. The van der Waals surface area contributed by atoms with E-state index in [0.29, 0.717) is 12.2 Å². The van der Waals surface area contributed by atoms with Crippen LogP contribution in [0.15, 0.2) is 66.9 Å². The van der Waals surface area contributed by atoms with E-state index in [0.717, 1.165) is 16.3 Å². The number of rotatable bonds is 8. The second-order valence-corrected chi connectivity index (χ2v) is 13.9. The minimum atomic E-state index is -7.22. The van der Waals surface area contributed by atoms with E-state index < -0.39 is 150 Å². The van der Waals surface area contributed by atoms with Gasteiger partial charge in [0.2, 0.25) is 0 Å². The molecule has 7 aromatic rings. The van der Waals surface area contributed by atoms with Gasteiger partial charge >= 0.3 is 5.97 Å². The van der Waals surface area contributed by atoms with Crippen LogP contribution < -0.4 is 26.4 Å². The van der Waals surface area contributed by atoms with Crippen LogP contribution in [0.3, 0.4) is 0 Å². The van der Waals surface area contributed by atoms with E-state index in [4.69, 9.17) is 16.3 Å². The average molecular weight is 992 g/mol. The Labute approximate surface area is 364 Å². The second kappa shape index (κ2) is 18.8. The van der Waals surface area contributed by atoms with Crippen molar-refractivity contribution in [2.24, 2.45) is 0 Å². The Balaban J connectivity index is 0.000000279. The van der Waals surface area contributed by atoms with Gasteiger partial charge in [0.15, 0.2) is 88.6 Å². The number of nitrogens with zero attached hydrogens (tertiary/aromatic N) is 1. The number of hydrogen-bond acceptors (Lipinski definition) is 2. The molecule has 3 nitrogen and oxygen atoms in total. The van der Waals surface area contributed by atoms with Gasteiger partial charge in [0.1, 0.15) is 52.7 Å². The lowest BCUT2D eigenvalue weighted by Gasteiger charge is -2.44. The average Bonchev–Trinajstić information content (AvgIpc) is 3.31. The molecule has 0 saturated carbocycles. The Morgan fingerprint density at radius 3 is 1.04 bits per heavy atom. The Kier molecular flexibility index (Phi) is 13.9. The van der Waals surface area contributed by atoms with Crippen LogP contribution in [0.5, 0.6) is 0 Å². The number of halogens is 21. The van der Waals surface area contributed by atoms with Crippen LogP contribution in [0, 0.1) is 116 Å². The van der Waals surface area contributed by atoms with Crippen molar-refractivity contribution >= 4 is 56.3 Å². The SMILES string of the molecule is Fc1c(F)c(F)c([B-](c2c(F)c(F)c(F)c(F)c2F)(c2c(F)c(F)c(F)c(F)c2F)c2c(F)c(F)c(F)c(F)c2F)c(F)c1F.O=C(OCCl)c1c2ccccc2cc[n+]1Cc1ccccc1. The van der Waals surface area contributed by atoms with Crippen LogP contribution in [-0.4, -0.2) is 18.2 Å². The lowest BCUT2D eigenvalue weighted by atomic mass is 9.12. The fourth-order valence-electron chi connectivity index (χ4n) is 7.39. The van der Waals surface area contributed by atoms with Crippen molar-refractivity contribution in [3.8, 4) is 0 Å². The zero-order chi connectivity index (χ0) is 49.7. The highest BCUT2D eigenvalue weighted by molar-refractivity contribution is 7.20. The molecule has 0 amide bonds. The molecule has 7 rings (SSSR count). The zero-order valence-corrected chi connectivity index (χ0v) is 32.8. The minimum absolute atomic E-state index is 0.159. The lowest BCUT2D eigenvalue weighted by Crippen LogP contribution is -2.81. The Morgan fingerprint density at radius 1 is 0.418 bits per heavy atom. The highest BCUT2D eigenvalue weighted by Gasteiger charge is 2.52. The number of aromatic nitrogens is 1. The number of pyridine rings is 1. The smallest absolute Gasteiger partial charge is 0.405 e. The number of carbonyl (C=O) groups is 1. The van der Waals surface area contributed by atoms with Crippen molar-refractivity contribution < 1.29 is 102 Å². The minimum Gasteiger partial charge on any atom is -0.441 e. The summed E-state index contributed by atoms with van der Waals surface area (Å²) in [6, 6.07) is 19.6. The molecule has 1 aromatic heterocycles. The van der Waals surface area contributed by atoms with Crippen molar-refractivity contribution in [3.05, 3.63) is 194 Å². The molecule has 6 aromatic carbocycles. The molecule has 0 atom stereocenters. The van der Waals surface area contributed by atoms with Crippen LogP contribution >= 0.6 is 11.6 Å². The summed E-state index contributed by atoms with van der Waals surface area (Å²) in [4.78, 5) is 12.3. The van der Waals surface area contributed by atoms with E-state index in [2.05, 4.69) is 0 Å². The van der Waals surface area contributed by atoms with Crippen LogP contribution in [0.25, 0.3) is 10.8 Å². The molecule has 0 radical (unpaired) electrons. The van der Waals surface area contributed by atoms with Gasteiger partial charge in [-0.05, 0) is 11.5 Å². The molecule has 0 fully saturated rings. The van der Waals surface area contributed by atoms with Crippen LogP contribution in [-0.2, 0) is 11.3 Å². The third-order valence-corrected chi connectivity index (χ3v) is 10.3. The molecule has 67 heavy (non-hydrogen) atoms. The van der Waals surface area contributed by atoms with Crippen molar-refractivity contribution in [1.82, 2.24) is 0 Å². The van der Waals surface area contributed by atoms with Gasteiger partial charge in [-0.15, -0.1) is 21.9 Å². The molecule has 0 unspecified atom stereocenters. The van der Waals surface area contributed by atoms with Crippen molar-refractivity contribution in [2.45, 2.75) is 6.54 Å². The number of esters is 1. The predicted molar refractivity (Wildman–Crippen MR) is 195 cm³/mol. The predicted octanol–water partition coefficient (Wildman–Crippen LogP) is 9.37. The van der Waals surface area contributed by atoms with Gasteiger partial charge in [0, 0.05) is 11.6 Å². The number of hydrogen-bond donors (Lipinski definition) is 0. The molecule has 25 heteroatoms. The quantitative estimate of drug-likeness (QED) is 0.0289. The van der Waals surface area contributed by atoms with Gasteiger partial charge in [-0.25, -0.2) is 92.6 Å². The van der Waals surface area contributed by atoms with Crippen LogP contribution in [0.1, 0.15) is 16.1 Å². The summed E-state index contributed by atoms with van der Waals surface area (Å²) in [6.07, 6.45) is -5.31. The first-order valence-corrected chi connectivity index (χ1v) is 18.4. The summed E-state index contributed by atoms with van der Waals surface area (Å²) < 4.78 is 301. The molecule has 0 N–H and O–H groups in total.